The Hall–Kier alpha value is -1.77. The minimum Gasteiger partial charge on any atom is -0.354 e. The maximum Gasteiger partial charge on any atom is 0.225 e. The maximum absolute atomic E-state index is 11.9. The topological polar surface area (TPSA) is 79.4 Å². The molecule has 1 N–H and O–H groups in total. The molecule has 0 unspecified atom stereocenters. The highest BCUT2D eigenvalue weighted by Gasteiger charge is 2.17. The molecule has 0 atom stereocenters. The average Bonchev–Trinajstić information content (AvgIpc) is 2.99. The van der Waals surface area contributed by atoms with E-state index in [2.05, 4.69) is 10.3 Å². The molecule has 2 rings (SSSR count). The van der Waals surface area contributed by atoms with Gasteiger partial charge in [-0.25, -0.2) is 8.42 Å². The van der Waals surface area contributed by atoms with Crippen molar-refractivity contribution >= 4 is 27.3 Å². The number of nitrogens with one attached hydrogen (secondary N) is 1. The van der Waals surface area contributed by atoms with Crippen molar-refractivity contribution in [1.82, 2.24) is 14.6 Å². The molecule has 2 heterocycles. The Morgan fingerprint density at radius 3 is 2.65 bits per heavy atom. The molecule has 1 amide bonds. The van der Waals surface area contributed by atoms with Gasteiger partial charge in [-0.3, -0.25) is 9.78 Å². The lowest BCUT2D eigenvalue weighted by molar-refractivity contribution is -0.120. The molecule has 2 aromatic rings. The van der Waals surface area contributed by atoms with Crippen LogP contribution in [-0.2, 0) is 27.8 Å². The van der Waals surface area contributed by atoms with Crippen LogP contribution in [0.2, 0.25) is 0 Å². The van der Waals surface area contributed by atoms with Gasteiger partial charge in [-0.2, -0.15) is 4.31 Å². The zero-order valence-electron chi connectivity index (χ0n) is 12.8. The number of pyridine rings is 1. The van der Waals surface area contributed by atoms with Crippen molar-refractivity contribution in [3.05, 3.63) is 52.5 Å². The molecular weight excluding hydrogens is 334 g/mol. The van der Waals surface area contributed by atoms with E-state index in [1.807, 2.05) is 17.5 Å². The first-order valence-electron chi connectivity index (χ1n) is 7.08. The molecule has 23 heavy (non-hydrogen) atoms. The molecule has 0 aliphatic heterocycles. The van der Waals surface area contributed by atoms with Gasteiger partial charge >= 0.3 is 0 Å². The largest absolute Gasteiger partial charge is 0.354 e. The van der Waals surface area contributed by atoms with Gasteiger partial charge < -0.3 is 5.32 Å². The number of thiophene rings is 1. The van der Waals surface area contributed by atoms with Crippen LogP contribution in [0.4, 0.5) is 0 Å². The first kappa shape index (κ1) is 17.6. The Balaban J connectivity index is 1.85. The number of hydrogen-bond acceptors (Lipinski definition) is 5. The van der Waals surface area contributed by atoms with Crippen LogP contribution >= 0.6 is 11.3 Å². The van der Waals surface area contributed by atoms with Gasteiger partial charge in [-0.15, -0.1) is 11.3 Å². The molecule has 2 aromatic heterocycles. The number of nitrogens with zero attached hydrogens (tertiary/aromatic N) is 2. The minimum absolute atomic E-state index is 0.107. The average molecular weight is 353 g/mol. The van der Waals surface area contributed by atoms with Crippen LogP contribution in [0.1, 0.15) is 10.4 Å². The summed E-state index contributed by atoms with van der Waals surface area (Å²) >= 11 is 1.52. The van der Waals surface area contributed by atoms with Crippen LogP contribution in [0.3, 0.4) is 0 Å². The smallest absolute Gasteiger partial charge is 0.225 e. The molecule has 0 aliphatic rings. The van der Waals surface area contributed by atoms with E-state index < -0.39 is 10.0 Å². The Labute approximate surface area is 140 Å². The van der Waals surface area contributed by atoms with Crippen molar-refractivity contribution < 1.29 is 13.2 Å². The van der Waals surface area contributed by atoms with E-state index in [0.29, 0.717) is 6.42 Å². The third-order valence-corrected chi connectivity index (χ3v) is 5.30. The lowest BCUT2D eigenvalue weighted by Crippen LogP contribution is -2.38. The SMILES string of the molecule is CS(=O)(=O)N(CCNC(=O)Cc1cccs1)Cc1ccncc1. The van der Waals surface area contributed by atoms with E-state index >= 15 is 0 Å². The van der Waals surface area contributed by atoms with Crippen molar-refractivity contribution in [3.63, 3.8) is 0 Å². The lowest BCUT2D eigenvalue weighted by atomic mass is 10.3. The molecule has 0 fully saturated rings. The summed E-state index contributed by atoms with van der Waals surface area (Å²) in [6, 6.07) is 7.34. The van der Waals surface area contributed by atoms with Gasteiger partial charge in [0.2, 0.25) is 15.9 Å². The molecule has 124 valence electrons. The Bertz CT molecular complexity index is 716. The summed E-state index contributed by atoms with van der Waals surface area (Å²) < 4.78 is 25.1. The molecule has 8 heteroatoms. The van der Waals surface area contributed by atoms with Gasteiger partial charge in [0.1, 0.15) is 0 Å². The second-order valence-corrected chi connectivity index (χ2v) is 8.07. The van der Waals surface area contributed by atoms with E-state index in [1.165, 1.54) is 21.9 Å². The fourth-order valence-electron chi connectivity index (χ4n) is 2.01. The summed E-state index contributed by atoms with van der Waals surface area (Å²) in [4.78, 5) is 16.7. The summed E-state index contributed by atoms with van der Waals surface area (Å²) in [5.41, 5.74) is 0.857. The Morgan fingerprint density at radius 2 is 2.04 bits per heavy atom. The fraction of sp³-hybridized carbons (Fsp3) is 0.333. The molecule has 0 aliphatic carbocycles. The number of sulfonamides is 1. The summed E-state index contributed by atoms with van der Waals surface area (Å²) in [5.74, 6) is -0.107. The van der Waals surface area contributed by atoms with Gasteiger partial charge in [0.15, 0.2) is 0 Å². The van der Waals surface area contributed by atoms with E-state index in [1.54, 1.807) is 24.5 Å². The predicted octanol–water partition coefficient (Wildman–Crippen LogP) is 1.26. The van der Waals surface area contributed by atoms with Crippen LogP contribution < -0.4 is 5.32 Å². The third kappa shape index (κ3) is 6.09. The Morgan fingerprint density at radius 1 is 1.30 bits per heavy atom. The summed E-state index contributed by atoms with van der Waals surface area (Å²) in [6.45, 7) is 0.780. The lowest BCUT2D eigenvalue weighted by Gasteiger charge is -2.20. The zero-order valence-corrected chi connectivity index (χ0v) is 14.4. The fourth-order valence-corrected chi connectivity index (χ4v) is 3.52. The number of carbonyl (C=O) groups excluding carboxylic acids is 1. The predicted molar refractivity (Wildman–Crippen MR) is 90.5 cm³/mol. The second-order valence-electron chi connectivity index (χ2n) is 5.06. The first-order valence-corrected chi connectivity index (χ1v) is 9.81. The van der Waals surface area contributed by atoms with E-state index in [9.17, 15) is 13.2 Å². The molecule has 0 spiro atoms. The van der Waals surface area contributed by atoms with Crippen LogP contribution in [0.15, 0.2) is 42.0 Å². The van der Waals surface area contributed by atoms with Gasteiger partial charge in [0.05, 0.1) is 12.7 Å². The monoisotopic (exact) mass is 353 g/mol. The van der Waals surface area contributed by atoms with Crippen LogP contribution in [0.25, 0.3) is 0 Å². The molecule has 0 saturated heterocycles. The van der Waals surface area contributed by atoms with Gasteiger partial charge in [0, 0.05) is 36.9 Å². The molecule has 0 saturated carbocycles. The molecule has 0 radical (unpaired) electrons. The van der Waals surface area contributed by atoms with Gasteiger partial charge in [-0.05, 0) is 29.1 Å². The number of aromatic nitrogens is 1. The standard InChI is InChI=1S/C15H19N3O3S2/c1-23(20,21)18(12-13-4-6-16-7-5-13)9-8-17-15(19)11-14-3-2-10-22-14/h2-7,10H,8-9,11-12H2,1H3,(H,17,19). The number of amides is 1. The second kappa shape index (κ2) is 8.19. The van der Waals surface area contributed by atoms with Crippen molar-refractivity contribution in [3.8, 4) is 0 Å². The number of carbonyl (C=O) groups is 1. The molecule has 0 aromatic carbocycles. The highest BCUT2D eigenvalue weighted by Crippen LogP contribution is 2.09. The number of hydrogen-bond donors (Lipinski definition) is 1. The summed E-state index contributed by atoms with van der Waals surface area (Å²) in [5, 5.41) is 4.68. The quantitative estimate of drug-likeness (QED) is 0.775. The van der Waals surface area contributed by atoms with Crippen LogP contribution in [-0.4, -0.2) is 43.0 Å². The van der Waals surface area contributed by atoms with E-state index in [-0.39, 0.29) is 25.5 Å². The normalized spacial score (nSPS) is 11.6. The van der Waals surface area contributed by atoms with E-state index in [4.69, 9.17) is 0 Å². The Kier molecular flexibility index (Phi) is 6.26. The minimum atomic E-state index is -3.35. The van der Waals surface area contributed by atoms with Gasteiger partial charge in [0.25, 0.3) is 0 Å². The zero-order chi connectivity index (χ0) is 16.7. The highest BCUT2D eigenvalue weighted by atomic mass is 32.2. The maximum atomic E-state index is 11.9. The first-order chi connectivity index (χ1) is 10.9. The van der Waals surface area contributed by atoms with Crippen molar-refractivity contribution in [2.75, 3.05) is 19.3 Å². The van der Waals surface area contributed by atoms with Crippen LogP contribution in [0, 0.1) is 0 Å². The third-order valence-electron chi connectivity index (χ3n) is 3.18. The van der Waals surface area contributed by atoms with E-state index in [0.717, 1.165) is 10.4 Å². The molecule has 0 bridgehead atoms. The van der Waals surface area contributed by atoms with Crippen molar-refractivity contribution in [2.45, 2.75) is 13.0 Å². The highest BCUT2D eigenvalue weighted by molar-refractivity contribution is 7.88. The van der Waals surface area contributed by atoms with Gasteiger partial charge in [-0.1, -0.05) is 6.07 Å². The van der Waals surface area contributed by atoms with Crippen molar-refractivity contribution in [1.29, 1.82) is 0 Å². The van der Waals surface area contributed by atoms with Crippen molar-refractivity contribution in [2.24, 2.45) is 0 Å². The summed E-state index contributed by atoms with van der Waals surface area (Å²) in [6.07, 6.45) is 4.74. The summed E-state index contributed by atoms with van der Waals surface area (Å²) in [7, 11) is -3.35. The molecular formula is C15H19N3O3S2. The number of rotatable bonds is 8. The molecule has 6 nitrogen and oxygen atoms in total. The van der Waals surface area contributed by atoms with Crippen LogP contribution in [0.5, 0.6) is 0 Å².